The fraction of sp³-hybridized carbons (Fsp3) is 0.481. The van der Waals surface area contributed by atoms with Crippen LogP contribution in [0.3, 0.4) is 0 Å². The van der Waals surface area contributed by atoms with Gasteiger partial charge in [-0.25, -0.2) is 4.98 Å². The van der Waals surface area contributed by atoms with Gasteiger partial charge >= 0.3 is 0 Å². The molecular formula is C27H34Cl2N2O2. The van der Waals surface area contributed by atoms with Gasteiger partial charge in [0.05, 0.1) is 23.7 Å². The summed E-state index contributed by atoms with van der Waals surface area (Å²) < 4.78 is 6.02. The number of hydrogen-bond acceptors (Lipinski definition) is 3. The largest absolute Gasteiger partial charge is 0.477 e. The summed E-state index contributed by atoms with van der Waals surface area (Å²) in [5.74, 6) is 0.535. The zero-order valence-corrected chi connectivity index (χ0v) is 21.9. The molecule has 178 valence electrons. The van der Waals surface area contributed by atoms with E-state index in [1.807, 2.05) is 30.9 Å². The summed E-state index contributed by atoms with van der Waals surface area (Å²) in [5, 5.41) is 1.12. The third kappa shape index (κ3) is 5.55. The van der Waals surface area contributed by atoms with E-state index in [1.165, 1.54) is 0 Å². The van der Waals surface area contributed by atoms with Gasteiger partial charge in [-0.1, -0.05) is 56.5 Å². The summed E-state index contributed by atoms with van der Waals surface area (Å²) >= 11 is 13.5. The highest BCUT2D eigenvalue weighted by molar-refractivity contribution is 6.38. The van der Waals surface area contributed by atoms with Crippen LogP contribution < -0.4 is 4.74 Å². The molecule has 0 aliphatic carbocycles. The van der Waals surface area contributed by atoms with Gasteiger partial charge in [-0.3, -0.25) is 4.79 Å². The first-order valence-electron chi connectivity index (χ1n) is 11.9. The minimum absolute atomic E-state index is 0.0866. The molecule has 0 unspecified atom stereocenters. The first kappa shape index (κ1) is 25.6. The average Bonchev–Trinajstić information content (AvgIpc) is 2.78. The maximum Gasteiger partial charge on any atom is 0.256 e. The number of unbranched alkanes of at least 4 members (excludes halogenated alkanes) is 1. The molecule has 0 spiro atoms. The predicted octanol–water partition coefficient (Wildman–Crippen LogP) is 7.59. The third-order valence-electron chi connectivity index (χ3n) is 6.15. The molecule has 1 aliphatic rings. The molecule has 1 aliphatic heterocycles. The van der Waals surface area contributed by atoms with Crippen LogP contribution in [0.4, 0.5) is 0 Å². The molecule has 2 heterocycles. The van der Waals surface area contributed by atoms with Crippen molar-refractivity contribution in [2.45, 2.75) is 73.3 Å². The van der Waals surface area contributed by atoms with Gasteiger partial charge in [-0.2, -0.15) is 0 Å². The van der Waals surface area contributed by atoms with Crippen molar-refractivity contribution < 1.29 is 9.53 Å². The monoisotopic (exact) mass is 488 g/mol. The number of fused-ring (bicyclic) bond motifs is 1. The van der Waals surface area contributed by atoms with Crippen LogP contribution in [-0.4, -0.2) is 28.9 Å². The number of ether oxygens (including phenoxy) is 1. The van der Waals surface area contributed by atoms with E-state index in [0.717, 1.165) is 59.2 Å². The molecule has 1 amide bonds. The standard InChI is InChI=1S/C27H34Cl2N2O2/c1-6-9-13-33-26-22(17(4)14-18(5)30-26)16-31-12-11-20-23(28)15-21(19(8-3)10-7-2)25(29)24(20)27(31)32/h10,14-15H,6-9,11-13,16H2,1-5H3/b19-10+. The number of nitrogens with zero attached hydrogens (tertiary/aromatic N) is 2. The minimum atomic E-state index is -0.0866. The minimum Gasteiger partial charge on any atom is -0.477 e. The Morgan fingerprint density at radius 1 is 1.21 bits per heavy atom. The van der Waals surface area contributed by atoms with Crippen LogP contribution >= 0.6 is 23.2 Å². The molecule has 4 nitrogen and oxygen atoms in total. The van der Waals surface area contributed by atoms with E-state index in [4.69, 9.17) is 27.9 Å². The van der Waals surface area contributed by atoms with Gasteiger partial charge in [-0.15, -0.1) is 0 Å². The number of carbonyl (C=O) groups excluding carboxylic acids is 1. The Bertz CT molecular complexity index is 1060. The Kier molecular flexibility index (Phi) is 8.83. The van der Waals surface area contributed by atoms with E-state index >= 15 is 0 Å². The van der Waals surface area contributed by atoms with E-state index in [1.54, 1.807) is 0 Å². The number of amides is 1. The summed E-state index contributed by atoms with van der Waals surface area (Å²) in [5.41, 5.74) is 6.28. The summed E-state index contributed by atoms with van der Waals surface area (Å²) in [4.78, 5) is 20.1. The quantitative estimate of drug-likeness (QED) is 0.341. The lowest BCUT2D eigenvalue weighted by molar-refractivity contribution is 0.0725. The number of rotatable bonds is 9. The van der Waals surface area contributed by atoms with E-state index in [2.05, 4.69) is 31.8 Å². The lowest BCUT2D eigenvalue weighted by atomic mass is 9.92. The van der Waals surface area contributed by atoms with Crippen LogP contribution in [0.1, 0.15) is 84.8 Å². The topological polar surface area (TPSA) is 42.4 Å². The van der Waals surface area contributed by atoms with Gasteiger partial charge in [0.2, 0.25) is 5.88 Å². The SMILES string of the molecule is CC/C=C(\CC)c1cc(Cl)c2c(c1Cl)C(=O)N(Cc1c(C)cc(C)nc1OCCCC)CC2. The van der Waals surface area contributed by atoms with Gasteiger partial charge in [0.25, 0.3) is 5.91 Å². The number of pyridine rings is 1. The van der Waals surface area contributed by atoms with Crippen LogP contribution in [0.5, 0.6) is 5.88 Å². The Hall–Kier alpha value is -2.04. The number of halogens is 2. The second-order valence-electron chi connectivity index (χ2n) is 8.61. The number of aromatic nitrogens is 1. The van der Waals surface area contributed by atoms with E-state index in [9.17, 15) is 4.79 Å². The lowest BCUT2D eigenvalue weighted by Crippen LogP contribution is -2.38. The molecule has 0 bridgehead atoms. The van der Waals surface area contributed by atoms with Crippen LogP contribution in [0.2, 0.25) is 10.0 Å². The summed E-state index contributed by atoms with van der Waals surface area (Å²) in [6.45, 7) is 11.9. The smallest absolute Gasteiger partial charge is 0.256 e. The van der Waals surface area contributed by atoms with Crippen molar-refractivity contribution in [2.24, 2.45) is 0 Å². The number of allylic oxidation sites excluding steroid dienone is 2. The van der Waals surface area contributed by atoms with Crippen molar-refractivity contribution in [3.63, 3.8) is 0 Å². The van der Waals surface area contributed by atoms with Crippen molar-refractivity contribution in [3.05, 3.63) is 61.8 Å². The third-order valence-corrected chi connectivity index (χ3v) is 6.88. The fourth-order valence-electron chi connectivity index (χ4n) is 4.36. The molecule has 0 radical (unpaired) electrons. The Morgan fingerprint density at radius 3 is 2.64 bits per heavy atom. The van der Waals surface area contributed by atoms with Gasteiger partial charge in [-0.05, 0) is 73.9 Å². The van der Waals surface area contributed by atoms with E-state index in [0.29, 0.717) is 47.6 Å². The Balaban J connectivity index is 1.98. The molecule has 33 heavy (non-hydrogen) atoms. The van der Waals surface area contributed by atoms with E-state index in [-0.39, 0.29) is 5.91 Å². The van der Waals surface area contributed by atoms with Gasteiger partial charge in [0.15, 0.2) is 0 Å². The maximum absolute atomic E-state index is 13.7. The van der Waals surface area contributed by atoms with Gasteiger partial charge in [0, 0.05) is 22.8 Å². The zero-order valence-electron chi connectivity index (χ0n) is 20.4. The maximum atomic E-state index is 13.7. The molecular weight excluding hydrogens is 455 g/mol. The second-order valence-corrected chi connectivity index (χ2v) is 9.39. The molecule has 0 fully saturated rings. The molecule has 0 saturated heterocycles. The number of carbonyl (C=O) groups is 1. The molecule has 0 atom stereocenters. The summed E-state index contributed by atoms with van der Waals surface area (Å²) in [6, 6.07) is 3.96. The van der Waals surface area contributed by atoms with Crippen molar-refractivity contribution in [1.82, 2.24) is 9.88 Å². The molecule has 6 heteroatoms. The molecule has 3 rings (SSSR count). The van der Waals surface area contributed by atoms with Crippen LogP contribution in [0.15, 0.2) is 18.2 Å². The van der Waals surface area contributed by atoms with Crippen LogP contribution in [0, 0.1) is 13.8 Å². The molecule has 1 aromatic heterocycles. The molecule has 0 saturated carbocycles. The van der Waals surface area contributed by atoms with E-state index < -0.39 is 0 Å². The number of benzene rings is 1. The van der Waals surface area contributed by atoms with Crippen LogP contribution in [0.25, 0.3) is 5.57 Å². The van der Waals surface area contributed by atoms with Gasteiger partial charge < -0.3 is 9.64 Å². The molecule has 0 N–H and O–H groups in total. The number of aryl methyl sites for hydroxylation is 2. The zero-order chi connectivity index (χ0) is 24.1. The summed E-state index contributed by atoms with van der Waals surface area (Å²) in [6.07, 6.45) is 6.56. The fourth-order valence-corrected chi connectivity index (χ4v) is 5.03. The molecule has 1 aromatic carbocycles. The Morgan fingerprint density at radius 2 is 1.97 bits per heavy atom. The van der Waals surface area contributed by atoms with Crippen molar-refractivity contribution in [3.8, 4) is 5.88 Å². The first-order chi connectivity index (χ1) is 15.8. The molecule has 2 aromatic rings. The van der Waals surface area contributed by atoms with Crippen LogP contribution in [-0.2, 0) is 13.0 Å². The van der Waals surface area contributed by atoms with Crippen molar-refractivity contribution in [1.29, 1.82) is 0 Å². The van der Waals surface area contributed by atoms with Crippen molar-refractivity contribution >= 4 is 34.7 Å². The van der Waals surface area contributed by atoms with Crippen molar-refractivity contribution in [2.75, 3.05) is 13.2 Å². The normalized spacial score (nSPS) is 14.0. The highest BCUT2D eigenvalue weighted by Gasteiger charge is 2.31. The first-order valence-corrected chi connectivity index (χ1v) is 12.7. The lowest BCUT2D eigenvalue weighted by Gasteiger charge is -2.31. The summed E-state index contributed by atoms with van der Waals surface area (Å²) in [7, 11) is 0. The Labute approximate surface area is 207 Å². The van der Waals surface area contributed by atoms with Gasteiger partial charge in [0.1, 0.15) is 0 Å². The highest BCUT2D eigenvalue weighted by Crippen LogP contribution is 2.39. The highest BCUT2D eigenvalue weighted by atomic mass is 35.5. The predicted molar refractivity (Wildman–Crippen MR) is 138 cm³/mol. The second kappa shape index (κ2) is 11.4. The number of hydrogen-bond donors (Lipinski definition) is 0. The average molecular weight is 489 g/mol.